The lowest BCUT2D eigenvalue weighted by atomic mass is 10.1. The number of hydrogen-bond acceptors (Lipinski definition) is 2. The fourth-order valence-electron chi connectivity index (χ4n) is 0.763. The van der Waals surface area contributed by atoms with Gasteiger partial charge in [-0.1, -0.05) is 26.7 Å². The zero-order chi connectivity index (χ0) is 8.91. The lowest BCUT2D eigenvalue weighted by Crippen LogP contribution is -2.04. The van der Waals surface area contributed by atoms with Crippen LogP contribution in [0.4, 0.5) is 4.20 Å². The van der Waals surface area contributed by atoms with Crippen molar-refractivity contribution >= 4 is 7.68 Å². The summed E-state index contributed by atoms with van der Waals surface area (Å²) in [5.41, 5.74) is 0. The highest BCUT2D eigenvalue weighted by molar-refractivity contribution is 7.52. The first-order chi connectivity index (χ1) is 4.99. The fraction of sp³-hybridized carbons (Fsp3) is 1.00. The Kier molecular flexibility index (Phi) is 4.94. The minimum Gasteiger partial charge on any atom is -0.305 e. The molecule has 0 fully saturated rings. The Morgan fingerprint density at radius 2 is 1.91 bits per heavy atom. The van der Waals surface area contributed by atoms with Gasteiger partial charge in [-0.3, -0.25) is 4.57 Å². The Balaban J connectivity index is 3.59. The summed E-state index contributed by atoms with van der Waals surface area (Å²) >= 11 is 0. The van der Waals surface area contributed by atoms with Crippen molar-refractivity contribution in [3.8, 4) is 0 Å². The molecule has 0 aliphatic heterocycles. The first kappa shape index (κ1) is 11.1. The van der Waals surface area contributed by atoms with Crippen molar-refractivity contribution in [2.75, 3.05) is 13.3 Å². The highest BCUT2D eigenvalue weighted by Gasteiger charge is 2.15. The Hall–Kier alpha value is 0.120. The third-order valence-corrected chi connectivity index (χ3v) is 2.31. The summed E-state index contributed by atoms with van der Waals surface area (Å²) in [5.74, 6) is 0.332. The molecule has 0 aliphatic rings. The summed E-state index contributed by atoms with van der Waals surface area (Å²) in [7, 11) is -3.75. The normalized spacial score (nSPS) is 16.8. The summed E-state index contributed by atoms with van der Waals surface area (Å²) in [4.78, 5) is 0. The number of halogens is 1. The van der Waals surface area contributed by atoms with Crippen LogP contribution < -0.4 is 0 Å². The molecule has 4 heteroatoms. The average Bonchev–Trinajstić information content (AvgIpc) is 1.88. The fourth-order valence-corrected chi connectivity index (χ4v) is 1.24. The maximum atomic E-state index is 12.4. The molecule has 0 aliphatic carbocycles. The van der Waals surface area contributed by atoms with Gasteiger partial charge in [-0.15, -0.1) is 0 Å². The first-order valence-corrected chi connectivity index (χ1v) is 5.87. The maximum Gasteiger partial charge on any atom is 0.364 e. The van der Waals surface area contributed by atoms with Gasteiger partial charge in [0.2, 0.25) is 0 Å². The third kappa shape index (κ3) is 6.52. The van der Waals surface area contributed by atoms with Crippen molar-refractivity contribution in [3.63, 3.8) is 0 Å². The zero-order valence-corrected chi connectivity index (χ0v) is 8.23. The van der Waals surface area contributed by atoms with Crippen LogP contribution in [0.3, 0.4) is 0 Å². The predicted molar refractivity (Wildman–Crippen MR) is 44.7 cm³/mol. The van der Waals surface area contributed by atoms with Crippen molar-refractivity contribution in [2.24, 2.45) is 5.92 Å². The Bertz CT molecular complexity index is 139. The van der Waals surface area contributed by atoms with Crippen LogP contribution in [0.5, 0.6) is 0 Å². The first-order valence-electron chi connectivity index (χ1n) is 3.91. The van der Waals surface area contributed by atoms with Crippen molar-refractivity contribution < 1.29 is 13.3 Å². The summed E-state index contributed by atoms with van der Waals surface area (Å²) in [6, 6.07) is 0. The van der Waals surface area contributed by atoms with E-state index in [1.807, 2.05) is 13.8 Å². The van der Waals surface area contributed by atoms with Crippen LogP contribution >= 0.6 is 7.68 Å². The van der Waals surface area contributed by atoms with E-state index in [0.717, 1.165) is 19.5 Å². The lowest BCUT2D eigenvalue weighted by Gasteiger charge is -2.12. The largest absolute Gasteiger partial charge is 0.364 e. The summed E-state index contributed by atoms with van der Waals surface area (Å²) in [6.45, 7) is 5.29. The Labute approximate surface area is 67.7 Å². The molecular weight excluding hydrogens is 166 g/mol. The molecule has 0 amide bonds. The highest BCUT2D eigenvalue weighted by Crippen LogP contribution is 2.44. The molecular formula is C7H16FO2P. The van der Waals surface area contributed by atoms with Gasteiger partial charge in [0.25, 0.3) is 0 Å². The van der Waals surface area contributed by atoms with Gasteiger partial charge in [0, 0.05) is 6.66 Å². The average molecular weight is 182 g/mol. The van der Waals surface area contributed by atoms with E-state index in [1.54, 1.807) is 0 Å². The van der Waals surface area contributed by atoms with E-state index in [0.29, 0.717) is 5.92 Å². The highest BCUT2D eigenvalue weighted by atomic mass is 31.2. The van der Waals surface area contributed by atoms with Crippen LogP contribution in [0.15, 0.2) is 0 Å². The summed E-state index contributed by atoms with van der Waals surface area (Å²) < 4.78 is 27.4. The lowest BCUT2D eigenvalue weighted by molar-refractivity contribution is 0.228. The van der Waals surface area contributed by atoms with E-state index in [-0.39, 0.29) is 6.61 Å². The predicted octanol–water partition coefficient (Wildman–Crippen LogP) is 3.23. The minimum atomic E-state index is -3.75. The zero-order valence-electron chi connectivity index (χ0n) is 7.34. The molecule has 0 saturated carbocycles. The van der Waals surface area contributed by atoms with Gasteiger partial charge >= 0.3 is 7.68 Å². The maximum absolute atomic E-state index is 12.4. The van der Waals surface area contributed by atoms with Gasteiger partial charge in [0.05, 0.1) is 6.61 Å². The second-order valence-electron chi connectivity index (χ2n) is 2.73. The van der Waals surface area contributed by atoms with Gasteiger partial charge in [-0.2, -0.15) is 4.20 Å². The van der Waals surface area contributed by atoms with Crippen LogP contribution in [0.2, 0.25) is 0 Å². The van der Waals surface area contributed by atoms with Gasteiger partial charge < -0.3 is 4.52 Å². The molecule has 0 radical (unpaired) electrons. The molecule has 0 aromatic rings. The molecule has 68 valence electrons. The molecule has 0 saturated heterocycles. The molecule has 0 spiro atoms. The van der Waals surface area contributed by atoms with Gasteiger partial charge in [-0.25, -0.2) is 0 Å². The number of rotatable bonds is 5. The van der Waals surface area contributed by atoms with E-state index < -0.39 is 7.68 Å². The molecule has 0 rings (SSSR count). The van der Waals surface area contributed by atoms with E-state index in [1.165, 1.54) is 0 Å². The summed E-state index contributed by atoms with van der Waals surface area (Å²) in [5, 5.41) is 0. The Morgan fingerprint density at radius 1 is 1.45 bits per heavy atom. The van der Waals surface area contributed by atoms with Crippen LogP contribution in [-0.2, 0) is 9.09 Å². The number of hydrogen-bond donors (Lipinski definition) is 0. The molecule has 0 aromatic heterocycles. The van der Waals surface area contributed by atoms with Gasteiger partial charge in [-0.05, 0) is 5.92 Å². The standard InChI is InChI=1S/C7H16FO2P/c1-4-7(5-2)6-10-11(3,8)9/h7H,4-6H2,1-3H3. The van der Waals surface area contributed by atoms with Crippen LogP contribution in [0.25, 0.3) is 0 Å². The summed E-state index contributed by atoms with van der Waals surface area (Å²) in [6.07, 6.45) is 1.88. The molecule has 0 heterocycles. The van der Waals surface area contributed by atoms with E-state index in [9.17, 15) is 8.76 Å². The minimum absolute atomic E-state index is 0.275. The Morgan fingerprint density at radius 3 is 2.18 bits per heavy atom. The molecule has 0 aromatic carbocycles. The van der Waals surface area contributed by atoms with E-state index in [2.05, 4.69) is 4.52 Å². The molecule has 0 bridgehead atoms. The topological polar surface area (TPSA) is 26.3 Å². The van der Waals surface area contributed by atoms with Gasteiger partial charge in [0.1, 0.15) is 0 Å². The van der Waals surface area contributed by atoms with Gasteiger partial charge in [0.15, 0.2) is 0 Å². The van der Waals surface area contributed by atoms with Crippen LogP contribution in [0, 0.1) is 5.92 Å². The van der Waals surface area contributed by atoms with Crippen molar-refractivity contribution in [2.45, 2.75) is 26.7 Å². The van der Waals surface area contributed by atoms with Crippen LogP contribution in [-0.4, -0.2) is 13.3 Å². The van der Waals surface area contributed by atoms with Crippen molar-refractivity contribution in [3.05, 3.63) is 0 Å². The third-order valence-electron chi connectivity index (χ3n) is 1.70. The van der Waals surface area contributed by atoms with Crippen LogP contribution in [0.1, 0.15) is 26.7 Å². The smallest absolute Gasteiger partial charge is 0.305 e. The molecule has 0 N–H and O–H groups in total. The molecule has 2 nitrogen and oxygen atoms in total. The van der Waals surface area contributed by atoms with Crippen molar-refractivity contribution in [1.29, 1.82) is 0 Å². The second-order valence-corrected chi connectivity index (χ2v) is 4.48. The monoisotopic (exact) mass is 182 g/mol. The van der Waals surface area contributed by atoms with E-state index in [4.69, 9.17) is 0 Å². The quantitative estimate of drug-likeness (QED) is 0.610. The SMILES string of the molecule is CCC(CC)COP(C)(=O)F. The second kappa shape index (κ2) is 4.89. The molecule has 1 atom stereocenters. The molecule has 1 unspecified atom stereocenters. The van der Waals surface area contributed by atoms with Crippen molar-refractivity contribution in [1.82, 2.24) is 0 Å². The van der Waals surface area contributed by atoms with E-state index >= 15 is 0 Å². The molecule has 11 heavy (non-hydrogen) atoms.